The summed E-state index contributed by atoms with van der Waals surface area (Å²) in [6.45, 7) is 4.00. The van der Waals surface area contributed by atoms with E-state index >= 15 is 0 Å². The third-order valence-corrected chi connectivity index (χ3v) is 4.61. The van der Waals surface area contributed by atoms with E-state index in [2.05, 4.69) is 10.5 Å². The van der Waals surface area contributed by atoms with Gasteiger partial charge in [0.05, 0.1) is 18.4 Å². The Balaban J connectivity index is 1.63. The van der Waals surface area contributed by atoms with Crippen LogP contribution in [0.4, 0.5) is 5.69 Å². The second kappa shape index (κ2) is 9.62. The molecule has 3 aromatic rings. The number of methoxy groups -OCH3 is 1. The highest BCUT2D eigenvalue weighted by molar-refractivity contribution is 6.02. The second-order valence-corrected chi connectivity index (χ2v) is 6.77. The van der Waals surface area contributed by atoms with Crippen LogP contribution in [0.1, 0.15) is 32.9 Å². The van der Waals surface area contributed by atoms with Gasteiger partial charge in [0.15, 0.2) is 11.5 Å². The number of hydrogen-bond donors (Lipinski definition) is 2. The van der Waals surface area contributed by atoms with E-state index in [0.29, 0.717) is 35.1 Å². The molecule has 3 rings (SSSR count). The highest BCUT2D eigenvalue weighted by atomic mass is 16.5. The van der Waals surface area contributed by atoms with E-state index in [4.69, 9.17) is 19.7 Å². The zero-order chi connectivity index (χ0) is 22.4. The van der Waals surface area contributed by atoms with Crippen LogP contribution in [0.3, 0.4) is 0 Å². The molecule has 8 nitrogen and oxygen atoms in total. The van der Waals surface area contributed by atoms with E-state index in [1.54, 1.807) is 49.6 Å². The molecular weight excluding hydrogens is 398 g/mol. The highest BCUT2D eigenvalue weighted by Crippen LogP contribution is 2.30. The standard InChI is InChI=1S/C23H23N3O5/c1-14-19(15(2)31-26-14)13-30-20-10-4-16(12-21(20)29-3)5-11-22(27)25-18-8-6-17(7-9-18)23(24)28/h4-12H,13H2,1-3H3,(H2,24,28)(H,25,27)/b11-5+. The molecule has 2 aromatic carbocycles. The number of carbonyl (C=O) groups excluding carboxylic acids is 2. The predicted molar refractivity (Wildman–Crippen MR) is 116 cm³/mol. The van der Waals surface area contributed by atoms with E-state index < -0.39 is 5.91 Å². The topological polar surface area (TPSA) is 117 Å². The third kappa shape index (κ3) is 5.51. The largest absolute Gasteiger partial charge is 0.493 e. The van der Waals surface area contributed by atoms with Crippen LogP contribution in [-0.2, 0) is 11.4 Å². The summed E-state index contributed by atoms with van der Waals surface area (Å²) in [4.78, 5) is 23.3. The predicted octanol–water partition coefficient (Wildman–Crippen LogP) is 3.63. The number of carbonyl (C=O) groups is 2. The summed E-state index contributed by atoms with van der Waals surface area (Å²) in [5, 5.41) is 6.63. The zero-order valence-electron chi connectivity index (χ0n) is 17.5. The van der Waals surface area contributed by atoms with Gasteiger partial charge in [-0.05, 0) is 61.9 Å². The molecule has 0 saturated heterocycles. The van der Waals surface area contributed by atoms with Gasteiger partial charge in [-0.3, -0.25) is 9.59 Å². The third-order valence-electron chi connectivity index (χ3n) is 4.61. The molecule has 0 spiro atoms. The van der Waals surface area contributed by atoms with Gasteiger partial charge in [-0.15, -0.1) is 0 Å². The maximum absolute atomic E-state index is 12.2. The second-order valence-electron chi connectivity index (χ2n) is 6.77. The molecule has 0 aliphatic heterocycles. The van der Waals surface area contributed by atoms with Crippen LogP contribution in [-0.4, -0.2) is 24.1 Å². The van der Waals surface area contributed by atoms with Crippen LogP contribution in [0.15, 0.2) is 53.1 Å². The maximum atomic E-state index is 12.2. The molecule has 0 saturated carbocycles. The number of nitrogens with two attached hydrogens (primary N) is 1. The summed E-state index contributed by atoms with van der Waals surface area (Å²) in [6, 6.07) is 11.7. The Labute approximate surface area is 179 Å². The van der Waals surface area contributed by atoms with Crippen molar-refractivity contribution in [1.29, 1.82) is 0 Å². The summed E-state index contributed by atoms with van der Waals surface area (Å²) >= 11 is 0. The molecule has 1 aromatic heterocycles. The lowest BCUT2D eigenvalue weighted by molar-refractivity contribution is -0.111. The van der Waals surface area contributed by atoms with Crippen molar-refractivity contribution < 1.29 is 23.6 Å². The van der Waals surface area contributed by atoms with Gasteiger partial charge in [-0.1, -0.05) is 11.2 Å². The van der Waals surface area contributed by atoms with Gasteiger partial charge >= 0.3 is 0 Å². The van der Waals surface area contributed by atoms with Crippen LogP contribution >= 0.6 is 0 Å². The maximum Gasteiger partial charge on any atom is 0.248 e. The van der Waals surface area contributed by atoms with E-state index in [9.17, 15) is 9.59 Å². The van der Waals surface area contributed by atoms with Crippen molar-refractivity contribution in [3.63, 3.8) is 0 Å². The quantitative estimate of drug-likeness (QED) is 0.537. The lowest BCUT2D eigenvalue weighted by Gasteiger charge is -2.11. The van der Waals surface area contributed by atoms with E-state index in [1.165, 1.54) is 6.08 Å². The molecule has 0 radical (unpaired) electrons. The fourth-order valence-corrected chi connectivity index (χ4v) is 2.84. The van der Waals surface area contributed by atoms with Crippen LogP contribution in [0.25, 0.3) is 6.08 Å². The number of amides is 2. The summed E-state index contributed by atoms with van der Waals surface area (Å²) in [5.41, 5.74) is 8.58. The van der Waals surface area contributed by atoms with Crippen molar-refractivity contribution in [3.05, 3.63) is 76.7 Å². The minimum Gasteiger partial charge on any atom is -0.493 e. The van der Waals surface area contributed by atoms with Gasteiger partial charge in [0.25, 0.3) is 0 Å². The molecule has 0 aliphatic rings. The van der Waals surface area contributed by atoms with Gasteiger partial charge in [-0.25, -0.2) is 0 Å². The molecule has 0 aliphatic carbocycles. The van der Waals surface area contributed by atoms with Crippen molar-refractivity contribution in [3.8, 4) is 11.5 Å². The number of hydrogen-bond acceptors (Lipinski definition) is 6. The Bertz CT molecular complexity index is 1100. The molecular formula is C23H23N3O5. The minimum atomic E-state index is -0.522. The normalized spacial score (nSPS) is 10.8. The number of aromatic nitrogens is 1. The SMILES string of the molecule is COc1cc(/C=C/C(=O)Nc2ccc(C(N)=O)cc2)ccc1OCc1c(C)noc1C. The van der Waals surface area contributed by atoms with Gasteiger partial charge in [0.1, 0.15) is 12.4 Å². The Morgan fingerprint density at radius 3 is 2.48 bits per heavy atom. The number of anilines is 1. The van der Waals surface area contributed by atoms with E-state index in [0.717, 1.165) is 16.8 Å². The smallest absolute Gasteiger partial charge is 0.248 e. The average molecular weight is 421 g/mol. The molecule has 31 heavy (non-hydrogen) atoms. The first kappa shape index (κ1) is 21.6. The van der Waals surface area contributed by atoms with Crippen molar-refractivity contribution in [1.82, 2.24) is 5.16 Å². The fourth-order valence-electron chi connectivity index (χ4n) is 2.84. The Morgan fingerprint density at radius 2 is 1.87 bits per heavy atom. The summed E-state index contributed by atoms with van der Waals surface area (Å²) < 4.78 is 16.4. The number of benzene rings is 2. The number of ether oxygens (including phenoxy) is 2. The van der Waals surface area contributed by atoms with Gasteiger partial charge in [0, 0.05) is 17.3 Å². The van der Waals surface area contributed by atoms with Gasteiger partial charge in [-0.2, -0.15) is 0 Å². The number of aryl methyl sites for hydroxylation is 2. The lowest BCUT2D eigenvalue weighted by atomic mass is 10.1. The lowest BCUT2D eigenvalue weighted by Crippen LogP contribution is -2.11. The molecule has 160 valence electrons. The first-order valence-electron chi connectivity index (χ1n) is 9.49. The molecule has 0 bridgehead atoms. The summed E-state index contributed by atoms with van der Waals surface area (Å²) in [7, 11) is 1.55. The molecule has 1 heterocycles. The number of rotatable bonds is 8. The van der Waals surface area contributed by atoms with E-state index in [-0.39, 0.29) is 5.91 Å². The molecule has 0 fully saturated rings. The number of primary amides is 1. The number of nitrogens with one attached hydrogen (secondary N) is 1. The number of nitrogens with zero attached hydrogens (tertiary/aromatic N) is 1. The van der Waals surface area contributed by atoms with Crippen molar-refractivity contribution in [2.75, 3.05) is 12.4 Å². The van der Waals surface area contributed by atoms with Crippen molar-refractivity contribution >= 4 is 23.6 Å². The minimum absolute atomic E-state index is 0.309. The van der Waals surface area contributed by atoms with Crippen molar-refractivity contribution in [2.24, 2.45) is 5.73 Å². The summed E-state index contributed by atoms with van der Waals surface area (Å²) in [5.74, 6) is 0.983. The van der Waals surface area contributed by atoms with E-state index in [1.807, 2.05) is 19.9 Å². The molecule has 0 atom stereocenters. The van der Waals surface area contributed by atoms with Gasteiger partial charge < -0.3 is 25.0 Å². The molecule has 0 unspecified atom stereocenters. The molecule has 8 heteroatoms. The first-order valence-corrected chi connectivity index (χ1v) is 9.49. The van der Waals surface area contributed by atoms with Crippen LogP contribution in [0, 0.1) is 13.8 Å². The molecule has 2 amide bonds. The molecule has 3 N–H and O–H groups in total. The highest BCUT2D eigenvalue weighted by Gasteiger charge is 2.12. The average Bonchev–Trinajstić information content (AvgIpc) is 3.08. The van der Waals surface area contributed by atoms with Gasteiger partial charge in [0.2, 0.25) is 11.8 Å². The monoisotopic (exact) mass is 421 g/mol. The zero-order valence-corrected chi connectivity index (χ0v) is 17.5. The van der Waals surface area contributed by atoms with Crippen LogP contribution < -0.4 is 20.5 Å². The van der Waals surface area contributed by atoms with Crippen LogP contribution in [0.5, 0.6) is 11.5 Å². The first-order chi connectivity index (χ1) is 14.9. The fraction of sp³-hybridized carbons (Fsp3) is 0.174. The van der Waals surface area contributed by atoms with Crippen LogP contribution in [0.2, 0.25) is 0 Å². The Kier molecular flexibility index (Phi) is 6.71. The Hall–Kier alpha value is -4.07. The Morgan fingerprint density at radius 1 is 1.13 bits per heavy atom. The summed E-state index contributed by atoms with van der Waals surface area (Å²) in [6.07, 6.45) is 3.06. The van der Waals surface area contributed by atoms with Crippen molar-refractivity contribution in [2.45, 2.75) is 20.5 Å².